The minimum Gasteiger partial charge on any atom is -0.491 e. The lowest BCUT2D eigenvalue weighted by Gasteiger charge is -2.44. The number of imidazole rings is 1. The summed E-state index contributed by atoms with van der Waals surface area (Å²) in [6, 6.07) is 7.43. The van der Waals surface area contributed by atoms with Gasteiger partial charge in [0.25, 0.3) is 5.91 Å². The first-order chi connectivity index (χ1) is 16.3. The first-order valence-corrected chi connectivity index (χ1v) is 12.5. The minimum absolute atomic E-state index is 0.0119. The van der Waals surface area contributed by atoms with Gasteiger partial charge in [0.05, 0.1) is 23.4 Å². The Bertz CT molecular complexity index is 1200. The van der Waals surface area contributed by atoms with Crippen LogP contribution in [0.1, 0.15) is 93.4 Å². The number of nitrogens with zero attached hydrogens (tertiary/aromatic N) is 3. The predicted molar refractivity (Wildman–Crippen MR) is 130 cm³/mol. The third-order valence-electron chi connectivity index (χ3n) is 7.37. The summed E-state index contributed by atoms with van der Waals surface area (Å²) in [4.78, 5) is 28.2. The Morgan fingerprint density at radius 3 is 2.76 bits per heavy atom. The van der Waals surface area contributed by atoms with Crippen LogP contribution in [0.4, 0.5) is 4.39 Å². The summed E-state index contributed by atoms with van der Waals surface area (Å²) in [7, 11) is 0. The lowest BCUT2D eigenvalue weighted by atomic mass is 9.85. The number of likely N-dealkylation sites (tertiary alicyclic amines) is 1. The summed E-state index contributed by atoms with van der Waals surface area (Å²) in [6.07, 6.45) is 8.55. The molecular formula is C27H33FN4O2. The Balaban J connectivity index is 1.56. The molecule has 2 fully saturated rings. The number of benzene rings is 1. The number of carbonyl (C=O) groups is 1. The SMILES string of the molecule is CC(C)Oc1ccc(C2CCCC2)c(C(=O)N2CCCC[C@@]2(C)c2nc3ncc(F)cc3[nH]2)c1. The van der Waals surface area contributed by atoms with Crippen molar-refractivity contribution in [2.24, 2.45) is 0 Å². The van der Waals surface area contributed by atoms with E-state index in [9.17, 15) is 9.18 Å². The average Bonchev–Trinajstić information content (AvgIpc) is 3.49. The molecule has 1 amide bonds. The lowest BCUT2D eigenvalue weighted by molar-refractivity contribution is 0.0334. The molecule has 5 rings (SSSR count). The predicted octanol–water partition coefficient (Wildman–Crippen LogP) is 6.08. The van der Waals surface area contributed by atoms with Crippen molar-refractivity contribution in [3.8, 4) is 5.75 Å². The molecule has 1 atom stereocenters. The summed E-state index contributed by atoms with van der Waals surface area (Å²) < 4.78 is 19.7. The number of H-pyrrole nitrogens is 1. The number of amides is 1. The number of ether oxygens (including phenoxy) is 1. The van der Waals surface area contributed by atoms with Gasteiger partial charge in [-0.05, 0) is 76.5 Å². The maximum absolute atomic E-state index is 14.2. The van der Waals surface area contributed by atoms with E-state index in [0.29, 0.717) is 29.5 Å². The van der Waals surface area contributed by atoms with Gasteiger partial charge in [-0.2, -0.15) is 0 Å². The second-order valence-electron chi connectivity index (χ2n) is 10.2. The first-order valence-electron chi connectivity index (χ1n) is 12.5. The van der Waals surface area contributed by atoms with Crippen molar-refractivity contribution in [3.05, 3.63) is 53.2 Å². The molecule has 0 bridgehead atoms. The van der Waals surface area contributed by atoms with Crippen molar-refractivity contribution < 1.29 is 13.9 Å². The molecule has 2 aromatic heterocycles. The van der Waals surface area contributed by atoms with Crippen molar-refractivity contribution in [2.75, 3.05) is 6.54 Å². The van der Waals surface area contributed by atoms with Crippen molar-refractivity contribution in [1.29, 1.82) is 0 Å². The number of hydrogen-bond donors (Lipinski definition) is 1. The molecular weight excluding hydrogens is 431 g/mol. The number of rotatable bonds is 5. The zero-order valence-electron chi connectivity index (χ0n) is 20.2. The molecule has 1 saturated heterocycles. The Labute approximate surface area is 199 Å². The summed E-state index contributed by atoms with van der Waals surface area (Å²) in [5.41, 5.74) is 2.25. The molecule has 1 aromatic carbocycles. The number of carbonyl (C=O) groups excluding carboxylic acids is 1. The molecule has 0 spiro atoms. The Morgan fingerprint density at radius 1 is 1.21 bits per heavy atom. The first kappa shape index (κ1) is 22.8. The summed E-state index contributed by atoms with van der Waals surface area (Å²) in [6.45, 7) is 6.69. The molecule has 6 nitrogen and oxygen atoms in total. The zero-order chi connectivity index (χ0) is 23.9. The highest BCUT2D eigenvalue weighted by atomic mass is 19.1. The molecule has 3 aromatic rings. The van der Waals surface area contributed by atoms with Gasteiger partial charge < -0.3 is 14.6 Å². The van der Waals surface area contributed by atoms with Crippen LogP contribution in [0.3, 0.4) is 0 Å². The highest BCUT2D eigenvalue weighted by molar-refractivity contribution is 5.97. The normalized spacial score (nSPS) is 21.5. The van der Waals surface area contributed by atoms with Gasteiger partial charge in [0.15, 0.2) is 5.65 Å². The number of aromatic nitrogens is 3. The van der Waals surface area contributed by atoms with E-state index < -0.39 is 11.4 Å². The van der Waals surface area contributed by atoms with Crippen LogP contribution in [0.2, 0.25) is 0 Å². The molecule has 1 aliphatic carbocycles. The number of piperidine rings is 1. The molecule has 7 heteroatoms. The molecule has 0 radical (unpaired) electrons. The molecule has 34 heavy (non-hydrogen) atoms. The molecule has 1 saturated carbocycles. The van der Waals surface area contributed by atoms with Crippen LogP contribution in [0.15, 0.2) is 30.5 Å². The zero-order valence-corrected chi connectivity index (χ0v) is 20.2. The molecule has 180 valence electrons. The molecule has 1 N–H and O–H groups in total. The highest BCUT2D eigenvalue weighted by Crippen LogP contribution is 2.41. The lowest BCUT2D eigenvalue weighted by Crippen LogP contribution is -2.51. The fraction of sp³-hybridized carbons (Fsp3) is 0.519. The second kappa shape index (κ2) is 9.01. The van der Waals surface area contributed by atoms with Gasteiger partial charge in [-0.1, -0.05) is 18.9 Å². The summed E-state index contributed by atoms with van der Waals surface area (Å²) in [5, 5.41) is 0. The Kier molecular flexibility index (Phi) is 6.04. The summed E-state index contributed by atoms with van der Waals surface area (Å²) in [5.74, 6) is 1.39. The third-order valence-corrected chi connectivity index (χ3v) is 7.37. The van der Waals surface area contributed by atoms with Crippen LogP contribution in [-0.2, 0) is 5.54 Å². The van der Waals surface area contributed by atoms with Crippen LogP contribution in [-0.4, -0.2) is 38.4 Å². The molecule has 0 unspecified atom stereocenters. The maximum atomic E-state index is 14.2. The van der Waals surface area contributed by atoms with Crippen LogP contribution >= 0.6 is 0 Å². The van der Waals surface area contributed by atoms with E-state index >= 15 is 0 Å². The van der Waals surface area contributed by atoms with Gasteiger partial charge in [0.1, 0.15) is 17.4 Å². The highest BCUT2D eigenvalue weighted by Gasteiger charge is 2.42. The van der Waals surface area contributed by atoms with Crippen molar-refractivity contribution in [1.82, 2.24) is 19.9 Å². The molecule has 3 heterocycles. The van der Waals surface area contributed by atoms with Crippen LogP contribution < -0.4 is 4.74 Å². The van der Waals surface area contributed by atoms with E-state index in [0.717, 1.165) is 49.0 Å². The number of aromatic amines is 1. The van der Waals surface area contributed by atoms with Gasteiger partial charge in [-0.15, -0.1) is 0 Å². The van der Waals surface area contributed by atoms with Crippen molar-refractivity contribution >= 4 is 17.1 Å². The van der Waals surface area contributed by atoms with Crippen molar-refractivity contribution in [2.45, 2.75) is 83.3 Å². The van der Waals surface area contributed by atoms with E-state index in [4.69, 9.17) is 4.74 Å². The van der Waals surface area contributed by atoms with Crippen LogP contribution in [0.25, 0.3) is 11.2 Å². The number of hydrogen-bond acceptors (Lipinski definition) is 4. The minimum atomic E-state index is -0.631. The fourth-order valence-corrected chi connectivity index (χ4v) is 5.63. The quantitative estimate of drug-likeness (QED) is 0.496. The standard InChI is InChI=1S/C27H33FN4O2/c1-17(2)34-20-10-11-21(18-8-4-5-9-18)22(15-20)25(33)32-13-7-6-12-27(32,3)26-30-23-14-19(28)16-29-24(23)31-26/h10-11,14-18H,4-9,12-13H2,1-3H3,(H,29,30,31)/t27-/m0/s1. The van der Waals surface area contributed by atoms with E-state index in [2.05, 4.69) is 27.9 Å². The van der Waals surface area contributed by atoms with Gasteiger partial charge in [-0.25, -0.2) is 14.4 Å². The van der Waals surface area contributed by atoms with Gasteiger partial charge >= 0.3 is 0 Å². The van der Waals surface area contributed by atoms with E-state index in [1.54, 1.807) is 0 Å². The number of halogens is 1. The second-order valence-corrected chi connectivity index (χ2v) is 10.2. The van der Waals surface area contributed by atoms with Crippen molar-refractivity contribution in [3.63, 3.8) is 0 Å². The largest absolute Gasteiger partial charge is 0.491 e. The monoisotopic (exact) mass is 464 g/mol. The average molecular weight is 465 g/mol. The van der Waals surface area contributed by atoms with Gasteiger partial charge in [-0.3, -0.25) is 4.79 Å². The molecule has 1 aliphatic heterocycles. The fourth-order valence-electron chi connectivity index (χ4n) is 5.63. The van der Waals surface area contributed by atoms with Gasteiger partial charge in [0.2, 0.25) is 0 Å². The number of pyridine rings is 1. The third kappa shape index (κ3) is 4.17. The summed E-state index contributed by atoms with van der Waals surface area (Å²) >= 11 is 0. The van der Waals surface area contributed by atoms with E-state index in [1.165, 1.54) is 25.1 Å². The smallest absolute Gasteiger partial charge is 0.255 e. The van der Waals surface area contributed by atoms with E-state index in [-0.39, 0.29) is 12.0 Å². The Morgan fingerprint density at radius 2 is 2.00 bits per heavy atom. The van der Waals surface area contributed by atoms with Gasteiger partial charge in [0, 0.05) is 18.2 Å². The molecule has 2 aliphatic rings. The van der Waals surface area contributed by atoms with Crippen LogP contribution in [0, 0.1) is 5.82 Å². The number of nitrogens with one attached hydrogen (secondary N) is 1. The van der Waals surface area contributed by atoms with E-state index in [1.807, 2.05) is 30.9 Å². The van der Waals surface area contributed by atoms with Crippen LogP contribution in [0.5, 0.6) is 5.75 Å². The topological polar surface area (TPSA) is 71.1 Å². The number of fused-ring (bicyclic) bond motifs is 1. The Hall–Kier alpha value is -2.96. The maximum Gasteiger partial charge on any atom is 0.255 e.